The standard InChI is InChI=1S/C16H34O3.C2H6O2/c1-2-16(18)15-19-14-12-10-8-6-4-3-5-7-9-11-13-17;3-1-2-4/h16-18H,2-15H2,1H3;3-4H,1-2H2. The molecule has 0 saturated heterocycles. The zero-order chi connectivity index (χ0) is 17.6. The largest absolute Gasteiger partial charge is 0.396 e. The third-order valence-corrected chi connectivity index (χ3v) is 3.58. The highest BCUT2D eigenvalue weighted by Crippen LogP contribution is 2.10. The average molecular weight is 337 g/mol. The van der Waals surface area contributed by atoms with Crippen molar-refractivity contribution in [1.82, 2.24) is 0 Å². The molecule has 1 unspecified atom stereocenters. The summed E-state index contributed by atoms with van der Waals surface area (Å²) in [4.78, 5) is 0. The van der Waals surface area contributed by atoms with Gasteiger partial charge in [0.1, 0.15) is 0 Å². The van der Waals surface area contributed by atoms with Crippen molar-refractivity contribution in [2.75, 3.05) is 33.0 Å². The summed E-state index contributed by atoms with van der Waals surface area (Å²) in [5.74, 6) is 0. The second-order valence-electron chi connectivity index (χ2n) is 5.84. The van der Waals surface area contributed by atoms with Gasteiger partial charge in [-0.15, -0.1) is 0 Å². The van der Waals surface area contributed by atoms with Crippen molar-refractivity contribution >= 4 is 0 Å². The minimum atomic E-state index is -0.286. The van der Waals surface area contributed by atoms with Gasteiger partial charge in [0.15, 0.2) is 0 Å². The van der Waals surface area contributed by atoms with E-state index in [1.165, 1.54) is 51.4 Å². The van der Waals surface area contributed by atoms with Gasteiger partial charge in [-0.1, -0.05) is 58.3 Å². The SMILES string of the molecule is CCC(O)COCCCCCCCCCCCCO.OCCO. The molecule has 0 heterocycles. The van der Waals surface area contributed by atoms with Crippen LogP contribution in [0.5, 0.6) is 0 Å². The molecular weight excluding hydrogens is 296 g/mol. The Balaban J connectivity index is 0. The third kappa shape index (κ3) is 27.0. The summed E-state index contributed by atoms with van der Waals surface area (Å²) in [5, 5.41) is 33.2. The van der Waals surface area contributed by atoms with Gasteiger partial charge >= 0.3 is 0 Å². The van der Waals surface area contributed by atoms with Gasteiger partial charge in [-0.3, -0.25) is 0 Å². The lowest BCUT2D eigenvalue weighted by Crippen LogP contribution is -2.14. The molecule has 5 nitrogen and oxygen atoms in total. The lowest BCUT2D eigenvalue weighted by molar-refractivity contribution is 0.0335. The smallest absolute Gasteiger partial charge is 0.0771 e. The first-order valence-corrected chi connectivity index (χ1v) is 9.31. The van der Waals surface area contributed by atoms with Crippen LogP contribution in [0.25, 0.3) is 0 Å². The third-order valence-electron chi connectivity index (χ3n) is 3.58. The van der Waals surface area contributed by atoms with Crippen molar-refractivity contribution in [3.8, 4) is 0 Å². The van der Waals surface area contributed by atoms with Crippen LogP contribution in [0.3, 0.4) is 0 Å². The summed E-state index contributed by atoms with van der Waals surface area (Å²) in [5.41, 5.74) is 0. The van der Waals surface area contributed by atoms with Crippen molar-refractivity contribution in [3.63, 3.8) is 0 Å². The van der Waals surface area contributed by atoms with E-state index in [0.29, 0.717) is 13.2 Å². The van der Waals surface area contributed by atoms with Crippen LogP contribution in [0.1, 0.15) is 77.6 Å². The molecule has 0 aliphatic rings. The van der Waals surface area contributed by atoms with E-state index in [1.54, 1.807) is 0 Å². The van der Waals surface area contributed by atoms with E-state index in [0.717, 1.165) is 25.9 Å². The normalized spacial score (nSPS) is 11.9. The summed E-state index contributed by atoms with van der Waals surface area (Å²) >= 11 is 0. The molecule has 0 aromatic heterocycles. The van der Waals surface area contributed by atoms with Crippen LogP contribution in [0.15, 0.2) is 0 Å². The van der Waals surface area contributed by atoms with Crippen LogP contribution in [0, 0.1) is 0 Å². The zero-order valence-electron chi connectivity index (χ0n) is 15.1. The molecule has 0 radical (unpaired) electrons. The van der Waals surface area contributed by atoms with Gasteiger partial charge in [-0.05, 0) is 19.3 Å². The zero-order valence-corrected chi connectivity index (χ0v) is 15.1. The van der Waals surface area contributed by atoms with Crippen molar-refractivity contribution in [2.45, 2.75) is 83.7 Å². The molecule has 0 saturated carbocycles. The number of ether oxygens (including phenoxy) is 1. The lowest BCUT2D eigenvalue weighted by Gasteiger charge is -2.08. The van der Waals surface area contributed by atoms with Gasteiger partial charge in [-0.25, -0.2) is 0 Å². The number of aliphatic hydroxyl groups excluding tert-OH is 4. The topological polar surface area (TPSA) is 90.2 Å². The van der Waals surface area contributed by atoms with Crippen molar-refractivity contribution in [2.24, 2.45) is 0 Å². The Morgan fingerprint density at radius 2 is 1.09 bits per heavy atom. The maximum absolute atomic E-state index is 9.30. The van der Waals surface area contributed by atoms with E-state index in [9.17, 15) is 5.11 Å². The minimum absolute atomic E-state index is 0.125. The maximum atomic E-state index is 9.30. The van der Waals surface area contributed by atoms with Crippen LogP contribution >= 0.6 is 0 Å². The van der Waals surface area contributed by atoms with Crippen molar-refractivity contribution < 1.29 is 25.2 Å². The van der Waals surface area contributed by atoms with Crippen molar-refractivity contribution in [1.29, 1.82) is 0 Å². The molecule has 4 N–H and O–H groups in total. The number of rotatable bonds is 16. The van der Waals surface area contributed by atoms with Crippen molar-refractivity contribution in [3.05, 3.63) is 0 Å². The van der Waals surface area contributed by atoms with Crippen LogP contribution in [0.4, 0.5) is 0 Å². The maximum Gasteiger partial charge on any atom is 0.0771 e. The van der Waals surface area contributed by atoms with E-state index in [4.69, 9.17) is 20.1 Å². The molecule has 0 fully saturated rings. The van der Waals surface area contributed by atoms with Crippen LogP contribution in [-0.4, -0.2) is 59.6 Å². The van der Waals surface area contributed by atoms with Gasteiger partial charge in [0.25, 0.3) is 0 Å². The molecule has 0 aromatic rings. The highest BCUT2D eigenvalue weighted by atomic mass is 16.5. The first-order valence-electron chi connectivity index (χ1n) is 9.31. The van der Waals surface area contributed by atoms with Gasteiger partial charge in [0.2, 0.25) is 0 Å². The molecule has 23 heavy (non-hydrogen) atoms. The fourth-order valence-corrected chi connectivity index (χ4v) is 2.07. The Labute approximate surface area is 142 Å². The van der Waals surface area contributed by atoms with Crippen LogP contribution in [-0.2, 0) is 4.74 Å². The molecule has 0 amide bonds. The molecule has 0 aliphatic heterocycles. The van der Waals surface area contributed by atoms with E-state index in [-0.39, 0.29) is 19.3 Å². The van der Waals surface area contributed by atoms with E-state index >= 15 is 0 Å². The van der Waals surface area contributed by atoms with Gasteiger partial charge in [-0.2, -0.15) is 0 Å². The Kier molecular flexibility index (Phi) is 26.2. The Hall–Kier alpha value is -0.200. The second-order valence-corrected chi connectivity index (χ2v) is 5.84. The average Bonchev–Trinajstić information content (AvgIpc) is 2.58. The fraction of sp³-hybridized carbons (Fsp3) is 1.00. The summed E-state index contributed by atoms with van der Waals surface area (Å²) < 4.78 is 5.40. The van der Waals surface area contributed by atoms with Crippen LogP contribution in [0.2, 0.25) is 0 Å². The first-order chi connectivity index (χ1) is 11.2. The first kappa shape index (κ1) is 25.0. The molecule has 0 bridgehead atoms. The summed E-state index contributed by atoms with van der Waals surface area (Å²) in [6.45, 7) is 3.34. The second kappa shape index (κ2) is 24.1. The highest BCUT2D eigenvalue weighted by Gasteiger charge is 1.99. The van der Waals surface area contributed by atoms with E-state index in [2.05, 4.69) is 0 Å². The predicted molar refractivity (Wildman–Crippen MR) is 94.5 cm³/mol. The summed E-state index contributed by atoms with van der Waals surface area (Å²) in [7, 11) is 0. The number of unbranched alkanes of at least 4 members (excludes halogenated alkanes) is 9. The lowest BCUT2D eigenvalue weighted by atomic mass is 10.1. The number of hydrogen-bond donors (Lipinski definition) is 4. The van der Waals surface area contributed by atoms with Gasteiger partial charge in [0.05, 0.1) is 25.9 Å². The predicted octanol–water partition coefficient (Wildman–Crippen LogP) is 2.64. The fourth-order valence-electron chi connectivity index (χ4n) is 2.07. The molecule has 0 rings (SSSR count). The quantitative estimate of drug-likeness (QED) is 0.325. The molecule has 5 heteroatoms. The molecule has 0 aliphatic carbocycles. The van der Waals surface area contributed by atoms with Gasteiger partial charge in [0, 0.05) is 13.2 Å². The highest BCUT2D eigenvalue weighted by molar-refractivity contribution is 4.50. The van der Waals surface area contributed by atoms with Gasteiger partial charge < -0.3 is 25.2 Å². The molecule has 142 valence electrons. The Morgan fingerprint density at radius 3 is 1.48 bits per heavy atom. The van der Waals surface area contributed by atoms with Crippen LogP contribution < -0.4 is 0 Å². The Bertz CT molecular complexity index is 188. The molecule has 0 spiro atoms. The van der Waals surface area contributed by atoms with E-state index < -0.39 is 0 Å². The number of hydrogen-bond acceptors (Lipinski definition) is 5. The Morgan fingerprint density at radius 1 is 0.652 bits per heavy atom. The summed E-state index contributed by atoms with van der Waals surface area (Å²) in [6.07, 6.45) is 12.9. The number of aliphatic hydroxyl groups is 4. The molecular formula is C18H40O5. The molecule has 1 atom stereocenters. The minimum Gasteiger partial charge on any atom is -0.396 e. The summed E-state index contributed by atoms with van der Waals surface area (Å²) in [6, 6.07) is 0. The monoisotopic (exact) mass is 336 g/mol. The van der Waals surface area contributed by atoms with E-state index in [1.807, 2.05) is 6.92 Å². The molecule has 0 aromatic carbocycles.